The molecule has 0 radical (unpaired) electrons. The first-order valence-corrected chi connectivity index (χ1v) is 11.8. The van der Waals surface area contributed by atoms with Crippen LogP contribution in [-0.2, 0) is 24.4 Å². The van der Waals surface area contributed by atoms with Crippen molar-refractivity contribution in [3.05, 3.63) is 53.6 Å². The molecular formula is C22H23ClN2O6S. The Balaban J connectivity index is 1.95. The van der Waals surface area contributed by atoms with Gasteiger partial charge in [0.25, 0.3) is 5.91 Å². The van der Waals surface area contributed by atoms with Gasteiger partial charge in [0.1, 0.15) is 11.8 Å². The highest BCUT2D eigenvalue weighted by Crippen LogP contribution is 2.32. The van der Waals surface area contributed by atoms with Gasteiger partial charge in [-0.05, 0) is 61.9 Å². The summed E-state index contributed by atoms with van der Waals surface area (Å²) >= 11 is 5.88. The minimum absolute atomic E-state index is 0.00775. The molecular weight excluding hydrogens is 456 g/mol. The summed E-state index contributed by atoms with van der Waals surface area (Å²) in [5, 5.41) is 0.384. The number of carbonyl (C=O) groups is 3. The van der Waals surface area contributed by atoms with E-state index in [1.807, 2.05) is 6.92 Å². The predicted molar refractivity (Wildman–Crippen MR) is 119 cm³/mol. The van der Waals surface area contributed by atoms with Crippen LogP contribution in [0.3, 0.4) is 0 Å². The fourth-order valence-corrected chi connectivity index (χ4v) is 5.51. The number of sulfonamides is 1. The van der Waals surface area contributed by atoms with Gasteiger partial charge in [0.2, 0.25) is 15.9 Å². The largest absolute Gasteiger partial charge is 0.427 e. The van der Waals surface area contributed by atoms with Crippen LogP contribution in [0.25, 0.3) is 0 Å². The molecule has 170 valence electrons. The number of halogens is 1. The van der Waals surface area contributed by atoms with Crippen LogP contribution in [0.5, 0.6) is 5.75 Å². The maximum atomic E-state index is 13.4. The van der Waals surface area contributed by atoms with Crippen LogP contribution in [0, 0.1) is 0 Å². The first-order valence-electron chi connectivity index (χ1n) is 10.0. The summed E-state index contributed by atoms with van der Waals surface area (Å²) in [6.07, 6.45) is 0.170. The summed E-state index contributed by atoms with van der Waals surface area (Å²) in [5.74, 6) is -1.38. The zero-order chi connectivity index (χ0) is 23.6. The number of benzene rings is 2. The summed E-state index contributed by atoms with van der Waals surface area (Å²) in [6.45, 7) is 4.76. The molecule has 0 aliphatic carbocycles. The Morgan fingerprint density at radius 1 is 1.16 bits per heavy atom. The molecule has 1 saturated heterocycles. The van der Waals surface area contributed by atoms with Crippen molar-refractivity contribution in [3.63, 3.8) is 0 Å². The SMILES string of the molecule is CCC(C)N(C1CC(=O)N(c2ccc(OC(C)=O)cc2)C1=O)S(=O)(=O)c1ccc(Cl)cc1. The zero-order valence-corrected chi connectivity index (χ0v) is 19.4. The topological polar surface area (TPSA) is 101 Å². The average molecular weight is 479 g/mol. The molecule has 1 aliphatic heterocycles. The molecule has 2 aromatic carbocycles. The number of nitrogens with zero attached hydrogens (tertiary/aromatic N) is 2. The Morgan fingerprint density at radius 3 is 2.28 bits per heavy atom. The quantitative estimate of drug-likeness (QED) is 0.343. The van der Waals surface area contributed by atoms with E-state index in [0.29, 0.717) is 11.4 Å². The third-order valence-electron chi connectivity index (χ3n) is 5.20. The highest BCUT2D eigenvalue weighted by atomic mass is 35.5. The zero-order valence-electron chi connectivity index (χ0n) is 17.8. The maximum absolute atomic E-state index is 13.4. The molecule has 0 spiro atoms. The van der Waals surface area contributed by atoms with Crippen LogP contribution >= 0.6 is 11.6 Å². The lowest BCUT2D eigenvalue weighted by atomic mass is 10.2. The Hall–Kier alpha value is -2.75. The standard InChI is InChI=1S/C22H23ClN2O6S/c1-4-14(2)25(32(29,30)19-11-5-16(23)6-12-19)20-13-21(27)24(22(20)28)17-7-9-18(10-8-17)31-15(3)26/h5-12,14,20H,4,13H2,1-3H3. The number of hydrogen-bond donors (Lipinski definition) is 0. The first kappa shape index (κ1) is 23.9. The molecule has 2 atom stereocenters. The highest BCUT2D eigenvalue weighted by Gasteiger charge is 2.48. The van der Waals surface area contributed by atoms with Crippen LogP contribution in [0.4, 0.5) is 5.69 Å². The molecule has 0 saturated carbocycles. The van der Waals surface area contributed by atoms with Crippen LogP contribution in [0.1, 0.15) is 33.6 Å². The number of imide groups is 1. The van der Waals surface area contributed by atoms with E-state index in [-0.39, 0.29) is 22.8 Å². The van der Waals surface area contributed by atoms with Gasteiger partial charge in [-0.1, -0.05) is 18.5 Å². The number of hydrogen-bond acceptors (Lipinski definition) is 6. The average Bonchev–Trinajstić information content (AvgIpc) is 3.02. The van der Waals surface area contributed by atoms with Crippen molar-refractivity contribution >= 4 is 45.1 Å². The highest BCUT2D eigenvalue weighted by molar-refractivity contribution is 7.89. The molecule has 1 fully saturated rings. The Labute approximate surface area is 191 Å². The molecule has 0 N–H and O–H groups in total. The Morgan fingerprint density at radius 2 is 1.75 bits per heavy atom. The number of carbonyl (C=O) groups excluding carboxylic acids is 3. The van der Waals surface area contributed by atoms with Crippen LogP contribution in [0.15, 0.2) is 53.4 Å². The van der Waals surface area contributed by atoms with E-state index in [2.05, 4.69) is 0 Å². The molecule has 3 rings (SSSR count). The lowest BCUT2D eigenvalue weighted by Gasteiger charge is -2.31. The minimum atomic E-state index is -4.08. The number of amides is 2. The molecule has 2 aromatic rings. The monoisotopic (exact) mass is 478 g/mol. The van der Waals surface area contributed by atoms with Gasteiger partial charge in [-0.3, -0.25) is 14.4 Å². The van der Waals surface area contributed by atoms with Crippen LogP contribution < -0.4 is 9.64 Å². The van der Waals surface area contributed by atoms with Gasteiger partial charge < -0.3 is 4.74 Å². The van der Waals surface area contributed by atoms with E-state index in [9.17, 15) is 22.8 Å². The smallest absolute Gasteiger partial charge is 0.308 e. The first-order chi connectivity index (χ1) is 15.1. The second kappa shape index (κ2) is 9.40. The van der Waals surface area contributed by atoms with Crippen molar-refractivity contribution in [2.45, 2.75) is 50.6 Å². The van der Waals surface area contributed by atoms with Gasteiger partial charge >= 0.3 is 5.97 Å². The van der Waals surface area contributed by atoms with E-state index in [1.54, 1.807) is 6.92 Å². The van der Waals surface area contributed by atoms with E-state index in [1.165, 1.54) is 55.5 Å². The predicted octanol–water partition coefficient (Wildman–Crippen LogP) is 3.39. The van der Waals surface area contributed by atoms with E-state index in [4.69, 9.17) is 16.3 Å². The summed E-state index contributed by atoms with van der Waals surface area (Å²) in [7, 11) is -4.08. The molecule has 2 unspecified atom stereocenters. The van der Waals surface area contributed by atoms with Crippen molar-refractivity contribution in [3.8, 4) is 5.75 Å². The molecule has 1 heterocycles. The van der Waals surface area contributed by atoms with Gasteiger partial charge in [-0.25, -0.2) is 13.3 Å². The van der Waals surface area contributed by atoms with E-state index < -0.39 is 39.9 Å². The normalized spacial score (nSPS) is 17.7. The second-order valence-electron chi connectivity index (χ2n) is 7.42. The third-order valence-corrected chi connectivity index (χ3v) is 7.49. The van der Waals surface area contributed by atoms with Gasteiger partial charge in [-0.2, -0.15) is 4.31 Å². The van der Waals surface area contributed by atoms with Gasteiger partial charge in [-0.15, -0.1) is 0 Å². The summed E-state index contributed by atoms with van der Waals surface area (Å²) in [5.41, 5.74) is 0.270. The van der Waals surface area contributed by atoms with E-state index >= 15 is 0 Å². The fraction of sp³-hybridized carbons (Fsp3) is 0.318. The lowest BCUT2D eigenvalue weighted by molar-refractivity contribution is -0.132. The minimum Gasteiger partial charge on any atom is -0.427 e. The van der Waals surface area contributed by atoms with Gasteiger partial charge in [0.05, 0.1) is 17.0 Å². The Bertz CT molecular complexity index is 1130. The molecule has 2 amide bonds. The van der Waals surface area contributed by atoms with Crippen molar-refractivity contribution in [1.82, 2.24) is 4.31 Å². The molecule has 1 aliphatic rings. The number of ether oxygens (including phenoxy) is 1. The van der Waals surface area contributed by atoms with Crippen molar-refractivity contribution in [2.24, 2.45) is 0 Å². The number of anilines is 1. The maximum Gasteiger partial charge on any atom is 0.308 e. The molecule has 0 aromatic heterocycles. The molecule has 0 bridgehead atoms. The number of rotatable bonds is 7. The van der Waals surface area contributed by atoms with Gasteiger partial charge in [0, 0.05) is 18.0 Å². The van der Waals surface area contributed by atoms with Crippen molar-refractivity contribution in [1.29, 1.82) is 0 Å². The van der Waals surface area contributed by atoms with Crippen molar-refractivity contribution in [2.75, 3.05) is 4.90 Å². The summed E-state index contributed by atoms with van der Waals surface area (Å²) in [6, 6.07) is 9.83. The molecule has 10 heteroatoms. The van der Waals surface area contributed by atoms with Crippen molar-refractivity contribution < 1.29 is 27.5 Å². The molecule has 8 nitrogen and oxygen atoms in total. The van der Waals surface area contributed by atoms with Crippen LogP contribution in [0.2, 0.25) is 5.02 Å². The Kier molecular flexibility index (Phi) is 7.02. The second-order valence-corrected chi connectivity index (χ2v) is 9.70. The van der Waals surface area contributed by atoms with Crippen LogP contribution in [-0.4, -0.2) is 42.6 Å². The third kappa shape index (κ3) is 4.69. The van der Waals surface area contributed by atoms with E-state index in [0.717, 1.165) is 9.21 Å². The summed E-state index contributed by atoms with van der Waals surface area (Å²) < 4.78 is 32.9. The number of esters is 1. The summed E-state index contributed by atoms with van der Waals surface area (Å²) in [4.78, 5) is 38.1. The lowest BCUT2D eigenvalue weighted by Crippen LogP contribution is -2.49. The fourth-order valence-electron chi connectivity index (χ4n) is 3.54. The van der Waals surface area contributed by atoms with Gasteiger partial charge in [0.15, 0.2) is 0 Å². The molecule has 32 heavy (non-hydrogen) atoms.